The predicted octanol–water partition coefficient (Wildman–Crippen LogP) is 2.50. The van der Waals surface area contributed by atoms with E-state index < -0.39 is 0 Å². The summed E-state index contributed by atoms with van der Waals surface area (Å²) in [4.78, 5) is 4.54. The van der Waals surface area contributed by atoms with Crippen LogP contribution in [0.1, 0.15) is 22.5 Å². The van der Waals surface area contributed by atoms with Crippen molar-refractivity contribution in [3.05, 3.63) is 65.1 Å². The lowest BCUT2D eigenvalue weighted by atomic mass is 10.1. The van der Waals surface area contributed by atoms with E-state index >= 15 is 0 Å². The quantitative estimate of drug-likeness (QED) is 0.700. The average Bonchev–Trinajstić information content (AvgIpc) is 2.78. The first kappa shape index (κ1) is 11.4. The van der Waals surface area contributed by atoms with E-state index in [0.717, 1.165) is 22.6 Å². The van der Waals surface area contributed by atoms with Gasteiger partial charge in [-0.15, -0.1) is 0 Å². The third-order valence-electron chi connectivity index (χ3n) is 2.98. The molecule has 0 aliphatic heterocycles. The van der Waals surface area contributed by atoms with Gasteiger partial charge in [0.25, 0.3) is 0 Å². The van der Waals surface area contributed by atoms with Crippen molar-refractivity contribution in [2.45, 2.75) is 13.3 Å². The Morgan fingerprint density at radius 3 is 2.79 bits per heavy atom. The zero-order valence-corrected chi connectivity index (χ0v) is 10.5. The highest BCUT2D eigenvalue weighted by molar-refractivity contribution is 5.45. The molecule has 0 amide bonds. The van der Waals surface area contributed by atoms with Gasteiger partial charge < -0.3 is 0 Å². The lowest BCUT2D eigenvalue weighted by Crippen LogP contribution is -2.01. The molecule has 0 aliphatic carbocycles. The van der Waals surface area contributed by atoms with Crippen LogP contribution in [0.4, 0.5) is 0 Å². The van der Waals surface area contributed by atoms with Gasteiger partial charge in [-0.25, -0.2) is 9.50 Å². The minimum Gasteiger partial charge on any atom is -0.232 e. The van der Waals surface area contributed by atoms with Crippen molar-refractivity contribution in [2.24, 2.45) is 0 Å². The number of benzene rings is 1. The Balaban J connectivity index is 2.09. The predicted molar refractivity (Wildman–Crippen MR) is 71.7 cm³/mol. The molecule has 19 heavy (non-hydrogen) atoms. The molecule has 3 aromatic rings. The van der Waals surface area contributed by atoms with Gasteiger partial charge in [0, 0.05) is 12.5 Å². The number of aryl methyl sites for hydroxylation is 1. The summed E-state index contributed by atoms with van der Waals surface area (Å²) in [6.07, 6.45) is 2.40. The normalized spacial score (nSPS) is 10.5. The second kappa shape index (κ2) is 4.54. The molecular formula is C15H12N4. The van der Waals surface area contributed by atoms with Crippen LogP contribution < -0.4 is 0 Å². The van der Waals surface area contributed by atoms with Crippen LogP contribution >= 0.6 is 0 Å². The van der Waals surface area contributed by atoms with E-state index in [9.17, 15) is 5.26 Å². The molecule has 2 heterocycles. The van der Waals surface area contributed by atoms with Crippen molar-refractivity contribution in [3.63, 3.8) is 0 Å². The number of hydrogen-bond acceptors (Lipinski definition) is 3. The number of aromatic nitrogens is 3. The molecule has 0 radical (unpaired) electrons. The highest BCUT2D eigenvalue weighted by atomic mass is 15.2. The topological polar surface area (TPSA) is 54.0 Å². The van der Waals surface area contributed by atoms with E-state index in [1.807, 2.05) is 43.3 Å². The monoisotopic (exact) mass is 248 g/mol. The molecule has 4 heteroatoms. The number of rotatable bonds is 2. The van der Waals surface area contributed by atoms with E-state index in [4.69, 9.17) is 0 Å². The summed E-state index contributed by atoms with van der Waals surface area (Å²) in [5, 5.41) is 13.5. The highest BCUT2D eigenvalue weighted by Crippen LogP contribution is 2.14. The van der Waals surface area contributed by atoms with Crippen molar-refractivity contribution in [1.82, 2.24) is 14.6 Å². The molecule has 1 aromatic carbocycles. The Kier molecular flexibility index (Phi) is 2.73. The van der Waals surface area contributed by atoms with Crippen LogP contribution in [0.2, 0.25) is 0 Å². The second-order valence-electron chi connectivity index (χ2n) is 4.46. The third-order valence-corrected chi connectivity index (χ3v) is 2.98. The third kappa shape index (κ3) is 2.18. The number of fused-ring (bicyclic) bond motifs is 1. The molecule has 0 saturated heterocycles. The molecular weight excluding hydrogens is 236 g/mol. The summed E-state index contributed by atoms with van der Waals surface area (Å²) < 4.78 is 1.66. The molecule has 0 unspecified atom stereocenters. The summed E-state index contributed by atoms with van der Waals surface area (Å²) in [6.45, 7) is 1.91. The van der Waals surface area contributed by atoms with Crippen LogP contribution in [0, 0.1) is 18.3 Å². The maximum atomic E-state index is 9.23. The molecule has 4 nitrogen and oxygen atoms in total. The van der Waals surface area contributed by atoms with Gasteiger partial charge in [0.05, 0.1) is 23.1 Å². The van der Waals surface area contributed by atoms with E-state index in [2.05, 4.69) is 16.2 Å². The van der Waals surface area contributed by atoms with Gasteiger partial charge in [0.15, 0.2) is 5.65 Å². The van der Waals surface area contributed by atoms with Crippen LogP contribution in [0.25, 0.3) is 5.65 Å². The second-order valence-corrected chi connectivity index (χ2v) is 4.46. The molecule has 92 valence electrons. The van der Waals surface area contributed by atoms with Gasteiger partial charge in [-0.05, 0) is 12.5 Å². The molecule has 0 spiro atoms. The van der Waals surface area contributed by atoms with Crippen molar-refractivity contribution in [3.8, 4) is 6.07 Å². The summed E-state index contributed by atoms with van der Waals surface area (Å²) >= 11 is 0. The maximum absolute atomic E-state index is 9.23. The van der Waals surface area contributed by atoms with Gasteiger partial charge in [-0.2, -0.15) is 10.4 Å². The first-order valence-electron chi connectivity index (χ1n) is 6.06. The van der Waals surface area contributed by atoms with Gasteiger partial charge in [0.2, 0.25) is 0 Å². The maximum Gasteiger partial charge on any atom is 0.155 e. The Morgan fingerprint density at radius 2 is 2.05 bits per heavy atom. The van der Waals surface area contributed by atoms with Crippen molar-refractivity contribution < 1.29 is 0 Å². The van der Waals surface area contributed by atoms with Crippen LogP contribution in [0.3, 0.4) is 0 Å². The minimum absolute atomic E-state index is 0.569. The average molecular weight is 248 g/mol. The number of nitriles is 1. The van der Waals surface area contributed by atoms with Crippen LogP contribution in [0.15, 0.2) is 42.6 Å². The molecule has 2 aromatic heterocycles. The van der Waals surface area contributed by atoms with Crippen LogP contribution in [0.5, 0.6) is 0 Å². The molecule has 3 rings (SSSR count). The number of hydrogen-bond donors (Lipinski definition) is 0. The molecule has 0 aliphatic rings. The molecule has 0 N–H and O–H groups in total. The van der Waals surface area contributed by atoms with E-state index in [1.165, 1.54) is 0 Å². The Bertz CT molecular complexity index is 766. The zero-order chi connectivity index (χ0) is 13.2. The lowest BCUT2D eigenvalue weighted by molar-refractivity contribution is 0.895. The first-order chi connectivity index (χ1) is 9.26. The van der Waals surface area contributed by atoms with E-state index in [-0.39, 0.29) is 0 Å². The smallest absolute Gasteiger partial charge is 0.155 e. The standard InChI is InChI=1S/C15H12N4/c1-11-7-15-17-14(8-12-5-3-2-4-6-12)13(9-16)10-19(15)18-11/h2-7,10H,8H2,1H3. The Labute approximate surface area is 111 Å². The fourth-order valence-corrected chi connectivity index (χ4v) is 2.09. The summed E-state index contributed by atoms with van der Waals surface area (Å²) in [7, 11) is 0. The van der Waals surface area contributed by atoms with Crippen molar-refractivity contribution >= 4 is 5.65 Å². The fourth-order valence-electron chi connectivity index (χ4n) is 2.09. The highest BCUT2D eigenvalue weighted by Gasteiger charge is 2.09. The molecule has 0 bridgehead atoms. The van der Waals surface area contributed by atoms with Gasteiger partial charge in [-0.1, -0.05) is 30.3 Å². The van der Waals surface area contributed by atoms with Crippen molar-refractivity contribution in [1.29, 1.82) is 5.26 Å². The fraction of sp³-hybridized carbons (Fsp3) is 0.133. The van der Waals surface area contributed by atoms with Gasteiger partial charge in [0.1, 0.15) is 6.07 Å². The number of nitrogens with zero attached hydrogens (tertiary/aromatic N) is 4. The van der Waals surface area contributed by atoms with Crippen LogP contribution in [-0.4, -0.2) is 14.6 Å². The van der Waals surface area contributed by atoms with E-state index in [0.29, 0.717) is 12.0 Å². The summed E-state index contributed by atoms with van der Waals surface area (Å²) in [5.74, 6) is 0. The molecule has 0 atom stereocenters. The summed E-state index contributed by atoms with van der Waals surface area (Å²) in [5.41, 5.74) is 4.18. The van der Waals surface area contributed by atoms with Gasteiger partial charge >= 0.3 is 0 Å². The Hall–Kier alpha value is -2.67. The van der Waals surface area contributed by atoms with Crippen molar-refractivity contribution in [2.75, 3.05) is 0 Å². The first-order valence-corrected chi connectivity index (χ1v) is 6.06. The zero-order valence-electron chi connectivity index (χ0n) is 10.5. The van der Waals surface area contributed by atoms with Gasteiger partial charge in [-0.3, -0.25) is 0 Å². The largest absolute Gasteiger partial charge is 0.232 e. The van der Waals surface area contributed by atoms with E-state index in [1.54, 1.807) is 10.7 Å². The Morgan fingerprint density at radius 1 is 1.26 bits per heavy atom. The minimum atomic E-state index is 0.569. The molecule has 0 fully saturated rings. The summed E-state index contributed by atoms with van der Waals surface area (Å²) in [6, 6.07) is 14.1. The SMILES string of the molecule is Cc1cc2nc(Cc3ccccc3)c(C#N)cn2n1. The molecule has 0 saturated carbocycles. The van der Waals surface area contributed by atoms with Crippen LogP contribution in [-0.2, 0) is 6.42 Å². The lowest BCUT2D eigenvalue weighted by Gasteiger charge is -2.04.